The summed E-state index contributed by atoms with van der Waals surface area (Å²) in [5.41, 5.74) is 1.55. The Labute approximate surface area is 149 Å². The van der Waals surface area contributed by atoms with Gasteiger partial charge in [0, 0.05) is 15.8 Å². The van der Waals surface area contributed by atoms with Crippen LogP contribution in [-0.4, -0.2) is 21.1 Å². The zero-order valence-electron chi connectivity index (χ0n) is 13.2. The van der Waals surface area contributed by atoms with E-state index in [4.69, 9.17) is 4.74 Å². The molecule has 0 aliphatic rings. The van der Waals surface area contributed by atoms with Crippen molar-refractivity contribution in [1.29, 1.82) is 0 Å². The summed E-state index contributed by atoms with van der Waals surface area (Å²) in [4.78, 5) is 11.5. The van der Waals surface area contributed by atoms with Crippen LogP contribution in [0.5, 0.6) is 0 Å². The third-order valence-corrected chi connectivity index (χ3v) is 5.12. The maximum atomic E-state index is 12.5. The molecule has 2 rings (SSSR count). The Hall–Kier alpha value is -2.06. The van der Waals surface area contributed by atoms with E-state index in [2.05, 4.69) is 26.0 Å². The van der Waals surface area contributed by atoms with Crippen LogP contribution < -0.4 is 10.0 Å². The van der Waals surface area contributed by atoms with E-state index in [9.17, 15) is 13.2 Å². The number of anilines is 2. The molecule has 0 heterocycles. The fourth-order valence-electron chi connectivity index (χ4n) is 1.98. The van der Waals surface area contributed by atoms with Crippen molar-refractivity contribution < 1.29 is 17.9 Å². The van der Waals surface area contributed by atoms with E-state index in [-0.39, 0.29) is 11.5 Å². The van der Waals surface area contributed by atoms with Crippen LogP contribution in [0.15, 0.2) is 51.8 Å². The number of ether oxygens (including phenoxy) is 1. The molecular formula is C16H17BrN2O4S. The lowest BCUT2D eigenvalue weighted by molar-refractivity contribution is 0.168. The van der Waals surface area contributed by atoms with Gasteiger partial charge < -0.3 is 4.74 Å². The van der Waals surface area contributed by atoms with Gasteiger partial charge >= 0.3 is 6.09 Å². The highest BCUT2D eigenvalue weighted by molar-refractivity contribution is 9.10. The van der Waals surface area contributed by atoms with Gasteiger partial charge in [0.15, 0.2) is 0 Å². The summed E-state index contributed by atoms with van der Waals surface area (Å²) < 4.78 is 33.0. The summed E-state index contributed by atoms with van der Waals surface area (Å²) in [6.45, 7) is 3.71. The summed E-state index contributed by atoms with van der Waals surface area (Å²) in [5, 5.41) is 2.54. The smallest absolute Gasteiger partial charge is 0.411 e. The highest BCUT2D eigenvalue weighted by Gasteiger charge is 2.17. The Morgan fingerprint density at radius 1 is 1.12 bits per heavy atom. The molecule has 0 spiro atoms. The summed E-state index contributed by atoms with van der Waals surface area (Å²) in [5.74, 6) is 0. The number of aryl methyl sites for hydroxylation is 1. The SMILES string of the molecule is CCOC(=O)Nc1ccc(NS(=O)(=O)c2cc(Br)ccc2C)cc1. The molecule has 1 amide bonds. The molecule has 0 saturated heterocycles. The third-order valence-electron chi connectivity index (χ3n) is 3.10. The number of amides is 1. The molecule has 2 aromatic rings. The molecule has 0 fully saturated rings. The first-order chi connectivity index (χ1) is 11.3. The standard InChI is InChI=1S/C16H17BrN2O4S/c1-3-23-16(20)18-13-6-8-14(9-7-13)19-24(21,22)15-10-12(17)5-4-11(15)2/h4-10,19H,3H2,1-2H3,(H,18,20). The Balaban J connectivity index is 2.15. The quantitative estimate of drug-likeness (QED) is 0.772. The number of carbonyl (C=O) groups is 1. The fraction of sp³-hybridized carbons (Fsp3) is 0.188. The van der Waals surface area contributed by atoms with Crippen LogP contribution in [0.2, 0.25) is 0 Å². The topological polar surface area (TPSA) is 84.5 Å². The second kappa shape index (κ2) is 7.67. The molecule has 0 atom stereocenters. The Morgan fingerprint density at radius 3 is 2.38 bits per heavy atom. The van der Waals surface area contributed by atoms with E-state index < -0.39 is 16.1 Å². The van der Waals surface area contributed by atoms with Crippen LogP contribution in [-0.2, 0) is 14.8 Å². The van der Waals surface area contributed by atoms with Crippen molar-refractivity contribution >= 4 is 43.4 Å². The predicted octanol–water partition coefficient (Wildman–Crippen LogP) is 4.13. The van der Waals surface area contributed by atoms with Crippen LogP contribution in [0, 0.1) is 6.92 Å². The number of halogens is 1. The van der Waals surface area contributed by atoms with E-state index in [0.717, 1.165) is 0 Å². The molecule has 2 aromatic carbocycles. The zero-order valence-corrected chi connectivity index (χ0v) is 15.6. The highest BCUT2D eigenvalue weighted by Crippen LogP contribution is 2.23. The molecule has 0 aliphatic carbocycles. The van der Waals surface area contributed by atoms with Crippen molar-refractivity contribution in [2.24, 2.45) is 0 Å². The summed E-state index contributed by atoms with van der Waals surface area (Å²) in [6, 6.07) is 11.4. The maximum Gasteiger partial charge on any atom is 0.411 e. The fourth-order valence-corrected chi connectivity index (χ4v) is 3.82. The van der Waals surface area contributed by atoms with Crippen molar-refractivity contribution in [2.45, 2.75) is 18.7 Å². The lowest BCUT2D eigenvalue weighted by Gasteiger charge is -2.11. The molecule has 0 aromatic heterocycles. The molecule has 6 nitrogen and oxygen atoms in total. The van der Waals surface area contributed by atoms with Gasteiger partial charge in [-0.15, -0.1) is 0 Å². The van der Waals surface area contributed by atoms with Gasteiger partial charge in [-0.1, -0.05) is 22.0 Å². The first kappa shape index (κ1) is 18.3. The van der Waals surface area contributed by atoms with E-state index in [1.807, 2.05) is 0 Å². The predicted molar refractivity (Wildman–Crippen MR) is 96.8 cm³/mol. The van der Waals surface area contributed by atoms with Gasteiger partial charge in [-0.2, -0.15) is 0 Å². The molecule has 8 heteroatoms. The van der Waals surface area contributed by atoms with Crippen molar-refractivity contribution in [3.8, 4) is 0 Å². The summed E-state index contributed by atoms with van der Waals surface area (Å²) in [6.07, 6.45) is -0.560. The Kier molecular flexibility index (Phi) is 5.84. The Morgan fingerprint density at radius 2 is 1.75 bits per heavy atom. The normalized spacial score (nSPS) is 11.0. The molecule has 0 radical (unpaired) electrons. The van der Waals surface area contributed by atoms with Crippen LogP contribution in [0.1, 0.15) is 12.5 Å². The number of nitrogens with one attached hydrogen (secondary N) is 2. The highest BCUT2D eigenvalue weighted by atomic mass is 79.9. The minimum Gasteiger partial charge on any atom is -0.450 e. The van der Waals surface area contributed by atoms with Gasteiger partial charge in [0.05, 0.1) is 11.5 Å². The van der Waals surface area contributed by atoms with Gasteiger partial charge in [0.2, 0.25) is 0 Å². The number of hydrogen-bond acceptors (Lipinski definition) is 4. The van der Waals surface area contributed by atoms with Crippen LogP contribution in [0.3, 0.4) is 0 Å². The lowest BCUT2D eigenvalue weighted by Crippen LogP contribution is -2.15. The van der Waals surface area contributed by atoms with E-state index in [1.165, 1.54) is 0 Å². The number of rotatable bonds is 5. The average Bonchev–Trinajstić information content (AvgIpc) is 2.51. The molecule has 0 unspecified atom stereocenters. The van der Waals surface area contributed by atoms with Crippen molar-refractivity contribution in [3.63, 3.8) is 0 Å². The number of benzene rings is 2. The van der Waals surface area contributed by atoms with Gasteiger partial charge in [-0.3, -0.25) is 10.0 Å². The maximum absolute atomic E-state index is 12.5. The molecule has 128 valence electrons. The Bertz CT molecular complexity index is 836. The van der Waals surface area contributed by atoms with Gasteiger partial charge in [0.1, 0.15) is 0 Å². The number of hydrogen-bond donors (Lipinski definition) is 2. The average molecular weight is 413 g/mol. The second-order valence-electron chi connectivity index (χ2n) is 4.94. The largest absolute Gasteiger partial charge is 0.450 e. The minimum absolute atomic E-state index is 0.200. The molecule has 0 saturated carbocycles. The van der Waals surface area contributed by atoms with Crippen LogP contribution in [0.4, 0.5) is 16.2 Å². The molecule has 0 aliphatic heterocycles. The monoisotopic (exact) mass is 412 g/mol. The van der Waals surface area contributed by atoms with Crippen LogP contribution in [0.25, 0.3) is 0 Å². The zero-order chi connectivity index (χ0) is 17.7. The number of carbonyl (C=O) groups excluding carboxylic acids is 1. The van der Waals surface area contributed by atoms with Crippen molar-refractivity contribution in [3.05, 3.63) is 52.5 Å². The summed E-state index contributed by atoms with van der Waals surface area (Å²) >= 11 is 3.28. The molecule has 2 N–H and O–H groups in total. The first-order valence-corrected chi connectivity index (χ1v) is 9.42. The van der Waals surface area contributed by atoms with E-state index in [0.29, 0.717) is 21.4 Å². The van der Waals surface area contributed by atoms with Gasteiger partial charge in [-0.05, 0) is 55.8 Å². The van der Waals surface area contributed by atoms with E-state index in [1.54, 1.807) is 56.3 Å². The first-order valence-electron chi connectivity index (χ1n) is 7.14. The van der Waals surface area contributed by atoms with Gasteiger partial charge in [-0.25, -0.2) is 13.2 Å². The van der Waals surface area contributed by atoms with Crippen molar-refractivity contribution in [2.75, 3.05) is 16.6 Å². The third kappa shape index (κ3) is 4.72. The lowest BCUT2D eigenvalue weighted by atomic mass is 10.2. The van der Waals surface area contributed by atoms with Crippen molar-refractivity contribution in [1.82, 2.24) is 0 Å². The second-order valence-corrected chi connectivity index (χ2v) is 7.50. The summed E-state index contributed by atoms with van der Waals surface area (Å²) in [7, 11) is -3.70. The molecular weight excluding hydrogens is 396 g/mol. The molecule has 24 heavy (non-hydrogen) atoms. The minimum atomic E-state index is -3.70. The van der Waals surface area contributed by atoms with Gasteiger partial charge in [0.25, 0.3) is 10.0 Å². The van der Waals surface area contributed by atoms with E-state index >= 15 is 0 Å². The number of sulfonamides is 1. The van der Waals surface area contributed by atoms with Crippen LogP contribution >= 0.6 is 15.9 Å². The molecule has 0 bridgehead atoms.